The Bertz CT molecular complexity index is 266. The van der Waals surface area contributed by atoms with Gasteiger partial charge in [-0.15, -0.1) is 0 Å². The van der Waals surface area contributed by atoms with Crippen LogP contribution in [0.15, 0.2) is 30.3 Å². The van der Waals surface area contributed by atoms with Crippen molar-refractivity contribution in [2.45, 2.75) is 18.8 Å². The molecule has 0 nitrogen and oxygen atoms in total. The zero-order chi connectivity index (χ0) is 8.60. The van der Waals surface area contributed by atoms with Crippen molar-refractivity contribution >= 4 is 0 Å². The summed E-state index contributed by atoms with van der Waals surface area (Å²) in [5.74, 6) is -2.25. The first-order chi connectivity index (χ1) is 5.70. The maximum absolute atomic E-state index is 12.9. The highest BCUT2D eigenvalue weighted by molar-refractivity contribution is 5.38. The van der Waals surface area contributed by atoms with Gasteiger partial charge < -0.3 is 0 Å². The molecule has 0 unspecified atom stereocenters. The number of hydrogen-bond donors (Lipinski definition) is 0. The molecule has 1 aromatic rings. The van der Waals surface area contributed by atoms with Crippen LogP contribution in [-0.2, 0) is 0 Å². The first-order valence-electron chi connectivity index (χ1n) is 4.00. The molecule has 0 spiro atoms. The van der Waals surface area contributed by atoms with E-state index >= 15 is 0 Å². The highest BCUT2D eigenvalue weighted by Crippen LogP contribution is 2.48. The van der Waals surface area contributed by atoms with Crippen LogP contribution in [0.2, 0.25) is 0 Å². The van der Waals surface area contributed by atoms with Crippen molar-refractivity contribution in [3.05, 3.63) is 41.8 Å². The van der Waals surface area contributed by atoms with E-state index in [-0.39, 0.29) is 6.42 Å². The second-order valence-corrected chi connectivity index (χ2v) is 3.05. The summed E-state index contributed by atoms with van der Waals surface area (Å²) in [6.45, 7) is 0. The van der Waals surface area contributed by atoms with Crippen LogP contribution in [0.1, 0.15) is 18.4 Å². The Balaban J connectivity index is 2.22. The molecular formula is C10H9F2. The zero-order valence-corrected chi connectivity index (χ0v) is 6.56. The molecule has 1 aromatic carbocycles. The molecule has 0 heterocycles. The molecule has 0 aromatic heterocycles. The van der Waals surface area contributed by atoms with E-state index in [2.05, 4.69) is 0 Å². The molecule has 1 radical (unpaired) electrons. The minimum Gasteiger partial charge on any atom is -0.206 e. The molecule has 1 aliphatic carbocycles. The quantitative estimate of drug-likeness (QED) is 0.603. The van der Waals surface area contributed by atoms with E-state index < -0.39 is 5.92 Å². The van der Waals surface area contributed by atoms with Gasteiger partial charge >= 0.3 is 0 Å². The summed E-state index contributed by atoms with van der Waals surface area (Å²) >= 11 is 0. The van der Waals surface area contributed by atoms with Crippen molar-refractivity contribution in [1.29, 1.82) is 0 Å². The number of benzene rings is 1. The molecule has 0 atom stereocenters. The topological polar surface area (TPSA) is 0 Å². The van der Waals surface area contributed by atoms with Crippen LogP contribution in [0.25, 0.3) is 0 Å². The molecule has 1 saturated carbocycles. The largest absolute Gasteiger partial charge is 0.258 e. The van der Waals surface area contributed by atoms with Gasteiger partial charge in [0, 0.05) is 6.42 Å². The summed E-state index contributed by atoms with van der Waals surface area (Å²) in [5.41, 5.74) is 0.689. The van der Waals surface area contributed by atoms with Gasteiger partial charge in [0.25, 0.3) is 5.92 Å². The maximum atomic E-state index is 12.9. The third kappa shape index (κ3) is 1.11. The summed E-state index contributed by atoms with van der Waals surface area (Å²) in [6, 6.07) is 8.89. The van der Waals surface area contributed by atoms with Gasteiger partial charge in [-0.05, 0) is 12.0 Å². The van der Waals surface area contributed by atoms with E-state index in [1.54, 1.807) is 24.3 Å². The van der Waals surface area contributed by atoms with Crippen molar-refractivity contribution < 1.29 is 8.78 Å². The number of halogens is 2. The van der Waals surface area contributed by atoms with Crippen LogP contribution in [0.5, 0.6) is 0 Å². The highest BCUT2D eigenvalue weighted by Gasteiger charge is 2.49. The van der Waals surface area contributed by atoms with Gasteiger partial charge in [-0.1, -0.05) is 30.3 Å². The van der Waals surface area contributed by atoms with Crippen LogP contribution >= 0.6 is 0 Å². The predicted octanol–water partition coefficient (Wildman–Crippen LogP) is 3.04. The SMILES string of the molecule is FC1(F)CC[C]1c1ccccc1. The minimum atomic E-state index is -2.54. The lowest BCUT2D eigenvalue weighted by atomic mass is 9.76. The molecule has 0 N–H and O–H groups in total. The monoisotopic (exact) mass is 167 g/mol. The maximum Gasteiger partial charge on any atom is 0.258 e. The summed E-state index contributed by atoms with van der Waals surface area (Å²) in [4.78, 5) is 0. The Kier molecular flexibility index (Phi) is 1.63. The van der Waals surface area contributed by atoms with Gasteiger partial charge in [-0.2, -0.15) is 0 Å². The molecule has 1 aliphatic rings. The molecule has 2 heteroatoms. The van der Waals surface area contributed by atoms with Gasteiger partial charge in [-0.25, -0.2) is 8.78 Å². The summed E-state index contributed by atoms with van der Waals surface area (Å²) < 4.78 is 25.7. The molecule has 0 bridgehead atoms. The van der Waals surface area contributed by atoms with E-state index in [0.29, 0.717) is 17.9 Å². The van der Waals surface area contributed by atoms with Gasteiger partial charge in [0.2, 0.25) is 0 Å². The molecule has 12 heavy (non-hydrogen) atoms. The van der Waals surface area contributed by atoms with Crippen molar-refractivity contribution in [3.8, 4) is 0 Å². The highest BCUT2D eigenvalue weighted by atomic mass is 19.3. The van der Waals surface area contributed by atoms with E-state index in [9.17, 15) is 8.78 Å². The van der Waals surface area contributed by atoms with Crippen molar-refractivity contribution in [1.82, 2.24) is 0 Å². The fourth-order valence-corrected chi connectivity index (χ4v) is 1.43. The van der Waals surface area contributed by atoms with Gasteiger partial charge in [0.1, 0.15) is 0 Å². The molecule has 0 amide bonds. The fraction of sp³-hybridized carbons (Fsp3) is 0.300. The van der Waals surface area contributed by atoms with Gasteiger partial charge in [0.15, 0.2) is 0 Å². The van der Waals surface area contributed by atoms with E-state index in [4.69, 9.17) is 0 Å². The second kappa shape index (κ2) is 2.54. The first-order valence-corrected chi connectivity index (χ1v) is 4.00. The minimum absolute atomic E-state index is 0.0111. The number of alkyl halides is 2. The average Bonchev–Trinajstić information content (AvgIpc) is 2.05. The third-order valence-electron chi connectivity index (χ3n) is 2.25. The smallest absolute Gasteiger partial charge is 0.206 e. The van der Waals surface area contributed by atoms with E-state index in [1.807, 2.05) is 6.07 Å². The normalized spacial score (nSPS) is 21.8. The van der Waals surface area contributed by atoms with E-state index in [1.165, 1.54) is 0 Å². The lowest BCUT2D eigenvalue weighted by Gasteiger charge is -2.35. The second-order valence-electron chi connectivity index (χ2n) is 3.05. The Morgan fingerprint density at radius 3 is 2.17 bits per heavy atom. The Morgan fingerprint density at radius 2 is 1.75 bits per heavy atom. The average molecular weight is 167 g/mol. The molecule has 2 rings (SSSR count). The lowest BCUT2D eigenvalue weighted by Crippen LogP contribution is -2.37. The van der Waals surface area contributed by atoms with Crippen molar-refractivity contribution in [2.75, 3.05) is 0 Å². The van der Waals surface area contributed by atoms with Gasteiger partial charge in [0.05, 0.1) is 5.92 Å². The van der Waals surface area contributed by atoms with Crippen LogP contribution in [0.4, 0.5) is 8.78 Å². The Morgan fingerprint density at radius 1 is 1.08 bits per heavy atom. The Hall–Kier alpha value is -0.920. The lowest BCUT2D eigenvalue weighted by molar-refractivity contribution is -0.0374. The molecular weight excluding hydrogens is 158 g/mol. The molecule has 0 aliphatic heterocycles. The third-order valence-corrected chi connectivity index (χ3v) is 2.25. The van der Waals surface area contributed by atoms with Crippen LogP contribution in [-0.4, -0.2) is 5.92 Å². The standard InChI is InChI=1S/C10H9F2/c11-10(12)7-6-9(10)8-4-2-1-3-5-8/h1-5H,6-7H2. The molecule has 0 saturated heterocycles. The summed E-state index contributed by atoms with van der Waals surface area (Å²) in [7, 11) is 0. The summed E-state index contributed by atoms with van der Waals surface area (Å²) in [5, 5.41) is 0. The molecule has 63 valence electrons. The van der Waals surface area contributed by atoms with Crippen LogP contribution in [0.3, 0.4) is 0 Å². The van der Waals surface area contributed by atoms with Crippen molar-refractivity contribution in [3.63, 3.8) is 0 Å². The van der Waals surface area contributed by atoms with Crippen molar-refractivity contribution in [2.24, 2.45) is 0 Å². The van der Waals surface area contributed by atoms with Crippen LogP contribution in [0, 0.1) is 5.92 Å². The van der Waals surface area contributed by atoms with E-state index in [0.717, 1.165) is 0 Å². The molecule has 1 fully saturated rings. The fourth-order valence-electron chi connectivity index (χ4n) is 1.43. The Labute approximate surface area is 70.2 Å². The summed E-state index contributed by atoms with van der Waals surface area (Å²) in [6.07, 6.45) is 0.550. The van der Waals surface area contributed by atoms with Crippen LogP contribution < -0.4 is 0 Å². The number of rotatable bonds is 1. The zero-order valence-electron chi connectivity index (χ0n) is 6.56. The van der Waals surface area contributed by atoms with Gasteiger partial charge in [-0.3, -0.25) is 0 Å². The first kappa shape index (κ1) is 7.71. The number of hydrogen-bond acceptors (Lipinski definition) is 0. The predicted molar refractivity (Wildman–Crippen MR) is 43.0 cm³/mol.